The van der Waals surface area contributed by atoms with Crippen LogP contribution >= 0.6 is 0 Å². The highest BCUT2D eigenvalue weighted by molar-refractivity contribution is 5.98. The van der Waals surface area contributed by atoms with Gasteiger partial charge < -0.3 is 45.0 Å². The van der Waals surface area contributed by atoms with Gasteiger partial charge in [0.25, 0.3) is 0 Å². The second-order valence-corrected chi connectivity index (χ2v) is 18.7. The van der Waals surface area contributed by atoms with Crippen molar-refractivity contribution in [2.24, 2.45) is 11.8 Å². The minimum atomic E-state index is -1.29. The Kier molecular flexibility index (Phi) is 19.2. The first kappa shape index (κ1) is 52.4. The predicted molar refractivity (Wildman–Crippen MR) is 233 cm³/mol. The third-order valence-corrected chi connectivity index (χ3v) is 12.9. The van der Waals surface area contributed by atoms with E-state index in [-0.39, 0.29) is 18.4 Å². The van der Waals surface area contributed by atoms with E-state index in [4.69, 9.17) is 4.74 Å². The van der Waals surface area contributed by atoms with Crippen LogP contribution in [0.4, 0.5) is 4.79 Å². The molecular weight excluding hydrogens is 817 g/mol. The highest BCUT2D eigenvalue weighted by Gasteiger charge is 2.45. The van der Waals surface area contributed by atoms with Crippen LogP contribution in [0.15, 0.2) is 0 Å². The van der Waals surface area contributed by atoms with E-state index in [1.54, 1.807) is 34.6 Å². The Hall–Kier alpha value is -4.97. The van der Waals surface area contributed by atoms with Crippen LogP contribution < -0.4 is 10.6 Å². The van der Waals surface area contributed by atoms with E-state index in [1.165, 1.54) is 59.6 Å². The minimum Gasteiger partial charge on any atom is -0.481 e. The Labute approximate surface area is 372 Å². The number of hydrogen-bond acceptors (Lipinski definition) is 10. The zero-order valence-corrected chi connectivity index (χ0v) is 39.4. The highest BCUT2D eigenvalue weighted by atomic mass is 16.6. The molecule has 63 heavy (non-hydrogen) atoms. The van der Waals surface area contributed by atoms with Crippen LogP contribution in [0, 0.1) is 11.8 Å². The smallest absolute Gasteiger partial charge is 0.410 e. The van der Waals surface area contributed by atoms with E-state index in [2.05, 4.69) is 10.6 Å². The van der Waals surface area contributed by atoms with Crippen molar-refractivity contribution in [1.82, 2.24) is 40.0 Å². The number of nitrogens with one attached hydrogen (secondary N) is 2. The molecule has 1 saturated carbocycles. The quantitative estimate of drug-likeness (QED) is 0.170. The van der Waals surface area contributed by atoms with Crippen LogP contribution in [-0.4, -0.2) is 184 Å². The van der Waals surface area contributed by atoms with Gasteiger partial charge in [-0.25, -0.2) is 4.79 Å². The second-order valence-electron chi connectivity index (χ2n) is 18.7. The maximum Gasteiger partial charge on any atom is 0.410 e. The molecule has 1 aliphatic carbocycles. The molecule has 2 saturated heterocycles. The standard InChI is InChI=1S/C44H74N8O11/c1-12-27(2)36(46-37(56)28(3)49(10)43(62)63-44(5,6)7)42(61)48(9)29(4)38(57)52-23-20-32(52)41(60)50(11)33(24-30-18-14-13-15-19-30)40(59)47(8)26-34(53)45-31(25-35(54)55)39(58)51-21-16-17-22-51/h27-33,36H,12-26H2,1-11H3,(H,45,53)(H,46,56)(H,54,55)/t27-,28-,29-,31-,32-,33-,36-/m0/s1. The maximum atomic E-state index is 14.3. The number of carbonyl (C=O) groups excluding carboxylic acids is 8. The number of hydrogen-bond donors (Lipinski definition) is 3. The van der Waals surface area contributed by atoms with Crippen molar-refractivity contribution in [2.45, 2.75) is 161 Å². The summed E-state index contributed by atoms with van der Waals surface area (Å²) in [6.45, 7) is 12.6. The van der Waals surface area contributed by atoms with Gasteiger partial charge in [-0.2, -0.15) is 0 Å². The molecule has 0 aromatic rings. The van der Waals surface area contributed by atoms with Crippen LogP contribution in [0.2, 0.25) is 0 Å². The third-order valence-electron chi connectivity index (χ3n) is 12.9. The first-order valence-electron chi connectivity index (χ1n) is 22.5. The van der Waals surface area contributed by atoms with Crippen LogP contribution in [-0.2, 0) is 43.1 Å². The molecule has 2 heterocycles. The van der Waals surface area contributed by atoms with Crippen LogP contribution in [0.3, 0.4) is 0 Å². The van der Waals surface area contributed by atoms with Gasteiger partial charge in [0.2, 0.25) is 41.4 Å². The van der Waals surface area contributed by atoms with E-state index < -0.39 is 108 Å². The Balaban J connectivity index is 1.73. The fraction of sp³-hybridized carbons (Fsp3) is 0.795. The third kappa shape index (κ3) is 14.3. The summed E-state index contributed by atoms with van der Waals surface area (Å²) in [7, 11) is 5.83. The molecule has 8 amide bonds. The monoisotopic (exact) mass is 891 g/mol. The molecule has 2 aliphatic heterocycles. The topological polar surface area (TPSA) is 227 Å². The second kappa shape index (κ2) is 23.1. The number of amides is 8. The van der Waals surface area contributed by atoms with Crippen molar-refractivity contribution in [3.05, 3.63) is 0 Å². The highest BCUT2D eigenvalue weighted by Crippen LogP contribution is 2.31. The Morgan fingerprint density at radius 1 is 0.746 bits per heavy atom. The number of carboxylic acid groups (broad SMARTS) is 1. The van der Waals surface area contributed by atoms with Crippen molar-refractivity contribution in [2.75, 3.05) is 54.4 Å². The molecule has 0 unspecified atom stereocenters. The van der Waals surface area contributed by atoms with E-state index in [0.29, 0.717) is 32.4 Å². The molecule has 0 aromatic heterocycles. The molecule has 19 heteroatoms. The number of carbonyl (C=O) groups is 9. The summed E-state index contributed by atoms with van der Waals surface area (Å²) >= 11 is 0. The van der Waals surface area contributed by atoms with Crippen LogP contribution in [0.1, 0.15) is 119 Å². The number of likely N-dealkylation sites (tertiary alicyclic amines) is 2. The number of carboxylic acids is 1. The lowest BCUT2D eigenvalue weighted by atomic mass is 9.84. The van der Waals surface area contributed by atoms with Gasteiger partial charge in [-0.05, 0) is 72.1 Å². The van der Waals surface area contributed by atoms with E-state index >= 15 is 0 Å². The Morgan fingerprint density at radius 3 is 1.87 bits per heavy atom. The number of ether oxygens (including phenoxy) is 1. The van der Waals surface area contributed by atoms with Gasteiger partial charge in [-0.15, -0.1) is 0 Å². The molecular formula is C44H74N8O11. The molecule has 0 bridgehead atoms. The SMILES string of the molecule is CC[C@H](C)[C@H](NC(=O)[C@H](C)N(C)C(=O)OC(C)(C)C)C(=O)N(C)[C@@H](C)C(=O)N1CC[C@H]1C(=O)N(C)[C@@H](CC1CCCCC1)C(=O)N(C)CC(=O)N[C@@H](CC(=O)O)C(=O)N1CCCC1. The van der Waals surface area contributed by atoms with Crippen molar-refractivity contribution in [3.63, 3.8) is 0 Å². The number of rotatable bonds is 19. The molecule has 3 aliphatic rings. The fourth-order valence-electron chi connectivity index (χ4n) is 8.22. The largest absolute Gasteiger partial charge is 0.481 e. The first-order chi connectivity index (χ1) is 29.4. The molecule has 0 radical (unpaired) electrons. The van der Waals surface area contributed by atoms with E-state index in [0.717, 1.165) is 49.8 Å². The summed E-state index contributed by atoms with van der Waals surface area (Å²) in [4.78, 5) is 128. The van der Waals surface area contributed by atoms with Gasteiger partial charge in [0.05, 0.1) is 13.0 Å². The summed E-state index contributed by atoms with van der Waals surface area (Å²) < 4.78 is 5.39. The lowest BCUT2D eigenvalue weighted by Crippen LogP contribution is -2.65. The summed E-state index contributed by atoms with van der Waals surface area (Å²) in [6, 6.07) is -6.22. The summed E-state index contributed by atoms with van der Waals surface area (Å²) in [5, 5.41) is 14.8. The molecule has 19 nitrogen and oxygen atoms in total. The van der Waals surface area contributed by atoms with Gasteiger partial charge >= 0.3 is 12.1 Å². The molecule has 0 spiro atoms. The molecule has 3 N–H and O–H groups in total. The normalized spacial score (nSPS) is 19.5. The van der Waals surface area contributed by atoms with E-state index in [9.17, 15) is 48.3 Å². The number of aliphatic carboxylic acids is 1. The Bertz CT molecular complexity index is 1670. The van der Waals surface area contributed by atoms with Crippen molar-refractivity contribution in [3.8, 4) is 0 Å². The van der Waals surface area contributed by atoms with Gasteiger partial charge in [0.1, 0.15) is 41.9 Å². The Morgan fingerprint density at radius 2 is 1.35 bits per heavy atom. The molecule has 3 fully saturated rings. The molecule has 0 aromatic carbocycles. The summed E-state index contributed by atoms with van der Waals surface area (Å²) in [5.41, 5.74) is -0.782. The average Bonchev–Trinajstić information content (AvgIpc) is 3.76. The molecule has 7 atom stereocenters. The number of nitrogens with zero attached hydrogens (tertiary/aromatic N) is 6. The first-order valence-corrected chi connectivity index (χ1v) is 22.5. The van der Waals surface area contributed by atoms with Gasteiger partial charge in [0.15, 0.2) is 0 Å². The predicted octanol–water partition coefficient (Wildman–Crippen LogP) is 2.06. The summed E-state index contributed by atoms with van der Waals surface area (Å²) in [6.07, 6.45) is 6.21. The zero-order valence-electron chi connectivity index (χ0n) is 39.4. The lowest BCUT2D eigenvalue weighted by molar-refractivity contribution is -0.160. The maximum absolute atomic E-state index is 14.3. The fourth-order valence-corrected chi connectivity index (χ4v) is 8.22. The van der Waals surface area contributed by atoms with Gasteiger partial charge in [-0.1, -0.05) is 52.4 Å². The van der Waals surface area contributed by atoms with Crippen LogP contribution in [0.25, 0.3) is 0 Å². The zero-order chi connectivity index (χ0) is 47.5. The summed E-state index contributed by atoms with van der Waals surface area (Å²) in [5.74, 6) is -5.21. The number of likely N-dealkylation sites (N-methyl/N-ethyl adjacent to an activating group) is 4. The van der Waals surface area contributed by atoms with Crippen molar-refractivity contribution in [1.29, 1.82) is 0 Å². The van der Waals surface area contributed by atoms with Gasteiger partial charge in [-0.3, -0.25) is 43.3 Å². The minimum absolute atomic E-state index is 0.140. The van der Waals surface area contributed by atoms with Crippen molar-refractivity contribution < 1.29 is 53.0 Å². The average molecular weight is 891 g/mol. The van der Waals surface area contributed by atoms with E-state index in [1.807, 2.05) is 6.92 Å². The van der Waals surface area contributed by atoms with Crippen molar-refractivity contribution >= 4 is 53.4 Å². The van der Waals surface area contributed by atoms with Gasteiger partial charge in [0, 0.05) is 47.8 Å². The molecule has 3 rings (SSSR count). The molecule has 356 valence electrons. The van der Waals surface area contributed by atoms with Crippen LogP contribution in [0.5, 0.6) is 0 Å². The lowest BCUT2D eigenvalue weighted by Gasteiger charge is -2.45.